The van der Waals surface area contributed by atoms with Gasteiger partial charge in [0.15, 0.2) is 11.6 Å². The first-order chi connectivity index (χ1) is 9.10. The Morgan fingerprint density at radius 1 is 1.16 bits per heavy atom. The third kappa shape index (κ3) is 3.46. The number of rotatable bonds is 4. The van der Waals surface area contributed by atoms with E-state index in [1.54, 1.807) is 18.2 Å². The molecule has 0 saturated carbocycles. The van der Waals surface area contributed by atoms with Gasteiger partial charge in [-0.15, -0.1) is 0 Å². The predicted molar refractivity (Wildman–Crippen MR) is 72.6 cm³/mol. The van der Waals surface area contributed by atoms with Crippen molar-refractivity contribution in [3.05, 3.63) is 63.4 Å². The highest BCUT2D eigenvalue weighted by Crippen LogP contribution is 2.24. The van der Waals surface area contributed by atoms with E-state index in [2.05, 4.69) is 0 Å². The lowest BCUT2D eigenvalue weighted by molar-refractivity contribution is 0.112. The van der Waals surface area contributed by atoms with Gasteiger partial charge < -0.3 is 4.74 Å². The number of halogens is 3. The Balaban J connectivity index is 2.14. The zero-order chi connectivity index (χ0) is 13.8. The fourth-order valence-electron chi connectivity index (χ4n) is 1.52. The molecule has 0 aliphatic carbocycles. The molecule has 0 spiro atoms. The molecule has 19 heavy (non-hydrogen) atoms. The lowest BCUT2D eigenvalue weighted by Gasteiger charge is -2.09. The molecule has 0 atom stereocenters. The highest BCUT2D eigenvalue weighted by Gasteiger charge is 2.07. The zero-order valence-corrected chi connectivity index (χ0v) is 11.2. The second-order valence-electron chi connectivity index (χ2n) is 3.83. The molecule has 5 heteroatoms. The second-order valence-corrected chi connectivity index (χ2v) is 4.68. The fourth-order valence-corrected chi connectivity index (χ4v) is 1.88. The highest BCUT2D eigenvalue weighted by molar-refractivity contribution is 6.33. The van der Waals surface area contributed by atoms with Gasteiger partial charge in [-0.3, -0.25) is 4.79 Å². The van der Waals surface area contributed by atoms with Crippen molar-refractivity contribution in [1.82, 2.24) is 0 Å². The summed E-state index contributed by atoms with van der Waals surface area (Å²) in [6, 6.07) is 8.95. The molecule has 0 aliphatic rings. The molecule has 2 nitrogen and oxygen atoms in total. The van der Waals surface area contributed by atoms with Crippen LogP contribution in [0, 0.1) is 5.82 Å². The Labute approximate surface area is 119 Å². The van der Waals surface area contributed by atoms with Crippen LogP contribution in [-0.2, 0) is 6.61 Å². The maximum Gasteiger partial charge on any atom is 0.165 e. The average molecular weight is 299 g/mol. The molecule has 0 bridgehead atoms. The summed E-state index contributed by atoms with van der Waals surface area (Å²) in [7, 11) is 0. The summed E-state index contributed by atoms with van der Waals surface area (Å²) in [5.41, 5.74) is 0.915. The van der Waals surface area contributed by atoms with Crippen molar-refractivity contribution in [3.63, 3.8) is 0 Å². The molecule has 0 unspecified atom stereocenters. The number of carbonyl (C=O) groups excluding carboxylic acids is 1. The van der Waals surface area contributed by atoms with E-state index in [1.165, 1.54) is 12.1 Å². The van der Waals surface area contributed by atoms with Crippen LogP contribution in [0.4, 0.5) is 4.39 Å². The van der Waals surface area contributed by atoms with Crippen LogP contribution >= 0.6 is 23.2 Å². The summed E-state index contributed by atoms with van der Waals surface area (Å²) in [4.78, 5) is 10.5. The first-order valence-electron chi connectivity index (χ1n) is 5.41. The maximum atomic E-state index is 13.6. The summed E-state index contributed by atoms with van der Waals surface area (Å²) in [5, 5.41) is 1.02. The molecule has 0 aliphatic heterocycles. The van der Waals surface area contributed by atoms with Gasteiger partial charge in [0.1, 0.15) is 12.9 Å². The second kappa shape index (κ2) is 6.04. The number of benzene rings is 2. The highest BCUT2D eigenvalue weighted by atomic mass is 35.5. The van der Waals surface area contributed by atoms with Crippen LogP contribution in [0.15, 0.2) is 36.4 Å². The smallest absolute Gasteiger partial charge is 0.165 e. The zero-order valence-electron chi connectivity index (χ0n) is 9.70. The van der Waals surface area contributed by atoms with E-state index >= 15 is 0 Å². The van der Waals surface area contributed by atoms with Crippen molar-refractivity contribution in [2.24, 2.45) is 0 Å². The van der Waals surface area contributed by atoms with Gasteiger partial charge in [0.05, 0.1) is 0 Å². The molecule has 2 aromatic carbocycles. The number of hydrogen-bond acceptors (Lipinski definition) is 2. The van der Waals surface area contributed by atoms with E-state index in [0.29, 0.717) is 21.9 Å². The van der Waals surface area contributed by atoms with Crippen LogP contribution in [0.3, 0.4) is 0 Å². The van der Waals surface area contributed by atoms with Crippen LogP contribution in [0.25, 0.3) is 0 Å². The van der Waals surface area contributed by atoms with Gasteiger partial charge in [-0.05, 0) is 36.4 Å². The summed E-state index contributed by atoms with van der Waals surface area (Å²) in [6.45, 7) is 0.0940. The predicted octanol–water partition coefficient (Wildman–Crippen LogP) is 4.52. The lowest BCUT2D eigenvalue weighted by Crippen LogP contribution is -1.99. The van der Waals surface area contributed by atoms with Gasteiger partial charge in [0, 0.05) is 21.2 Å². The van der Waals surface area contributed by atoms with Crippen LogP contribution in [0.1, 0.15) is 15.9 Å². The maximum absolute atomic E-state index is 13.6. The Morgan fingerprint density at radius 3 is 2.63 bits per heavy atom. The first-order valence-corrected chi connectivity index (χ1v) is 6.17. The summed E-state index contributed by atoms with van der Waals surface area (Å²) in [6.07, 6.45) is 0.570. The van der Waals surface area contributed by atoms with Crippen molar-refractivity contribution < 1.29 is 13.9 Å². The Morgan fingerprint density at radius 2 is 1.95 bits per heavy atom. The average Bonchev–Trinajstić information content (AvgIpc) is 2.40. The largest absolute Gasteiger partial charge is 0.486 e. The SMILES string of the molecule is O=Cc1ccc(OCc2cc(Cl)ccc2Cl)c(F)c1. The number of ether oxygens (including phenoxy) is 1. The molecule has 2 rings (SSSR count). The van der Waals surface area contributed by atoms with Gasteiger partial charge in [-0.1, -0.05) is 23.2 Å². The molecule has 0 radical (unpaired) electrons. The molecule has 0 heterocycles. The van der Waals surface area contributed by atoms with Crippen LogP contribution in [0.5, 0.6) is 5.75 Å². The molecule has 0 N–H and O–H groups in total. The molecular weight excluding hydrogens is 290 g/mol. The molecule has 98 valence electrons. The molecular formula is C14H9Cl2FO2. The van der Waals surface area contributed by atoms with Crippen molar-refractivity contribution in [2.45, 2.75) is 6.61 Å². The van der Waals surface area contributed by atoms with Crippen molar-refractivity contribution in [3.8, 4) is 5.75 Å². The quantitative estimate of drug-likeness (QED) is 0.776. The summed E-state index contributed by atoms with van der Waals surface area (Å²) < 4.78 is 18.9. The van der Waals surface area contributed by atoms with Gasteiger partial charge in [0.25, 0.3) is 0 Å². The van der Waals surface area contributed by atoms with Crippen molar-refractivity contribution in [1.29, 1.82) is 0 Å². The summed E-state index contributed by atoms with van der Waals surface area (Å²) in [5.74, 6) is -0.538. The molecule has 0 fully saturated rings. The minimum absolute atomic E-state index is 0.0571. The minimum Gasteiger partial charge on any atom is -0.486 e. The standard InChI is InChI=1S/C14H9Cl2FO2/c15-11-2-3-12(16)10(6-11)8-19-14-4-1-9(7-18)5-13(14)17/h1-7H,8H2. The first kappa shape index (κ1) is 13.8. The van der Waals surface area contributed by atoms with Crippen molar-refractivity contribution in [2.75, 3.05) is 0 Å². The molecule has 2 aromatic rings. The van der Waals surface area contributed by atoms with Gasteiger partial charge >= 0.3 is 0 Å². The van der Waals surface area contributed by atoms with E-state index < -0.39 is 5.82 Å². The Bertz CT molecular complexity index is 614. The minimum atomic E-state index is -0.595. The lowest BCUT2D eigenvalue weighted by atomic mass is 10.2. The van der Waals surface area contributed by atoms with Crippen LogP contribution in [0.2, 0.25) is 10.0 Å². The summed E-state index contributed by atoms with van der Waals surface area (Å²) >= 11 is 11.8. The third-order valence-corrected chi connectivity index (χ3v) is 3.09. The van der Waals surface area contributed by atoms with Gasteiger partial charge in [0.2, 0.25) is 0 Å². The van der Waals surface area contributed by atoms with Crippen LogP contribution < -0.4 is 4.74 Å². The topological polar surface area (TPSA) is 26.3 Å². The third-order valence-electron chi connectivity index (χ3n) is 2.48. The number of carbonyl (C=O) groups is 1. The Kier molecular flexibility index (Phi) is 4.40. The van der Waals surface area contributed by atoms with Gasteiger partial charge in [-0.2, -0.15) is 0 Å². The fraction of sp³-hybridized carbons (Fsp3) is 0.0714. The van der Waals surface area contributed by atoms with Crippen molar-refractivity contribution >= 4 is 29.5 Å². The monoisotopic (exact) mass is 298 g/mol. The molecule has 0 aromatic heterocycles. The number of hydrogen-bond donors (Lipinski definition) is 0. The van der Waals surface area contributed by atoms with E-state index in [9.17, 15) is 9.18 Å². The van der Waals surface area contributed by atoms with E-state index in [0.717, 1.165) is 6.07 Å². The normalized spacial score (nSPS) is 10.3. The van der Waals surface area contributed by atoms with E-state index in [-0.39, 0.29) is 17.9 Å². The number of aldehydes is 1. The van der Waals surface area contributed by atoms with E-state index in [4.69, 9.17) is 27.9 Å². The van der Waals surface area contributed by atoms with Crippen LogP contribution in [-0.4, -0.2) is 6.29 Å². The van der Waals surface area contributed by atoms with E-state index in [1.807, 2.05) is 0 Å². The molecule has 0 amide bonds. The van der Waals surface area contributed by atoms with Gasteiger partial charge in [-0.25, -0.2) is 4.39 Å². The molecule has 0 saturated heterocycles. The Hall–Kier alpha value is -1.58.